The molecule has 39 heavy (non-hydrogen) atoms. The quantitative estimate of drug-likeness (QED) is 0.241. The predicted molar refractivity (Wildman–Crippen MR) is 143 cm³/mol. The molecule has 3 atom stereocenters. The molecule has 1 fully saturated rings. The van der Waals surface area contributed by atoms with Crippen LogP contribution in [0.4, 0.5) is 4.79 Å². The van der Waals surface area contributed by atoms with E-state index >= 15 is 0 Å². The maximum atomic E-state index is 12.0. The molecule has 0 saturated carbocycles. The minimum atomic E-state index is -0.582. The van der Waals surface area contributed by atoms with Crippen molar-refractivity contribution in [2.24, 2.45) is 7.05 Å². The van der Waals surface area contributed by atoms with E-state index in [1.165, 1.54) is 0 Å². The van der Waals surface area contributed by atoms with E-state index in [0.717, 1.165) is 27.4 Å². The van der Waals surface area contributed by atoms with Crippen LogP contribution in [0.3, 0.4) is 0 Å². The molecule has 0 unspecified atom stereocenters. The van der Waals surface area contributed by atoms with Crippen LogP contribution in [-0.2, 0) is 39.2 Å². The molecule has 2 aromatic carbocycles. The fourth-order valence-electron chi connectivity index (χ4n) is 4.00. The van der Waals surface area contributed by atoms with Crippen molar-refractivity contribution in [3.8, 4) is 0 Å². The van der Waals surface area contributed by atoms with Gasteiger partial charge in [0.15, 0.2) is 11.4 Å². The van der Waals surface area contributed by atoms with Crippen molar-refractivity contribution in [2.45, 2.75) is 50.2 Å². The Balaban J connectivity index is 1.39. The van der Waals surface area contributed by atoms with Gasteiger partial charge in [-0.2, -0.15) is 0 Å². The first-order valence-corrected chi connectivity index (χ1v) is 13.7. The molecule has 0 aliphatic carbocycles. The predicted octanol–water partition coefficient (Wildman–Crippen LogP) is 3.01. The maximum absolute atomic E-state index is 12.0. The second-order valence-corrected chi connectivity index (χ2v) is 9.96. The molecular formula is C27H33N5O6S. The Morgan fingerprint density at radius 1 is 1.08 bits per heavy atom. The number of amides is 2. The smallest absolute Gasteiger partial charge is 0.325 e. The Hall–Kier alpha value is -3.45. The lowest BCUT2D eigenvalue weighted by Crippen LogP contribution is -2.38. The number of nitrogens with one attached hydrogen (secondary N) is 2. The summed E-state index contributed by atoms with van der Waals surface area (Å²) in [5.74, 6) is 0.195. The summed E-state index contributed by atoms with van der Waals surface area (Å²) >= 11 is 1.58. The third-order valence-electron chi connectivity index (χ3n) is 6.09. The van der Waals surface area contributed by atoms with Crippen molar-refractivity contribution in [3.63, 3.8) is 0 Å². The lowest BCUT2D eigenvalue weighted by Gasteiger charge is -2.36. The lowest BCUT2D eigenvalue weighted by molar-refractivity contribution is -0.245. The lowest BCUT2D eigenvalue weighted by atomic mass is 10.0. The number of nitrogens with zero attached hydrogens (tertiary/aromatic N) is 3. The first-order chi connectivity index (χ1) is 18.9. The molecule has 11 nitrogen and oxygen atoms in total. The molecule has 0 bridgehead atoms. The molecule has 4 rings (SSSR count). The first kappa shape index (κ1) is 28.6. The second-order valence-electron chi connectivity index (χ2n) is 8.97. The third-order valence-corrected chi connectivity index (χ3v) is 7.25. The van der Waals surface area contributed by atoms with Gasteiger partial charge in [0.05, 0.1) is 25.4 Å². The highest BCUT2D eigenvalue weighted by Crippen LogP contribution is 2.39. The number of rotatable bonds is 11. The van der Waals surface area contributed by atoms with E-state index in [4.69, 9.17) is 14.2 Å². The van der Waals surface area contributed by atoms with Gasteiger partial charge in [-0.3, -0.25) is 4.79 Å². The van der Waals surface area contributed by atoms with E-state index in [2.05, 4.69) is 20.8 Å². The number of aryl methyl sites for hydroxylation is 1. The van der Waals surface area contributed by atoms with Gasteiger partial charge in [-0.15, -0.1) is 10.2 Å². The fourth-order valence-corrected chi connectivity index (χ4v) is 4.90. The molecule has 1 aromatic heterocycles. The van der Waals surface area contributed by atoms with E-state index in [0.29, 0.717) is 12.2 Å². The summed E-state index contributed by atoms with van der Waals surface area (Å²) in [6.45, 7) is 2.07. The second kappa shape index (κ2) is 14.1. The largest absolute Gasteiger partial charge is 0.465 e. The van der Waals surface area contributed by atoms with Crippen LogP contribution < -0.4 is 10.6 Å². The highest BCUT2D eigenvalue weighted by molar-refractivity contribution is 7.99. The van der Waals surface area contributed by atoms with E-state index in [-0.39, 0.29) is 38.5 Å². The molecular weight excluding hydrogens is 522 g/mol. The maximum Gasteiger partial charge on any atom is 0.325 e. The van der Waals surface area contributed by atoms with Gasteiger partial charge in [-0.1, -0.05) is 60.3 Å². The molecule has 3 N–H and O–H groups in total. The Morgan fingerprint density at radius 2 is 1.79 bits per heavy atom. The van der Waals surface area contributed by atoms with E-state index in [1.54, 1.807) is 25.0 Å². The molecule has 0 radical (unpaired) electrons. The number of carbonyl (C=O) groups excluding carboxylic acids is 2. The highest BCUT2D eigenvalue weighted by Gasteiger charge is 2.32. The number of benzene rings is 2. The monoisotopic (exact) mass is 555 g/mol. The summed E-state index contributed by atoms with van der Waals surface area (Å²) in [5.41, 5.74) is 3.60. The summed E-state index contributed by atoms with van der Waals surface area (Å²) in [4.78, 5) is 23.3. The number of thioether (sulfide) groups is 1. The van der Waals surface area contributed by atoms with Gasteiger partial charge in [0.25, 0.3) is 0 Å². The molecule has 1 aliphatic rings. The van der Waals surface area contributed by atoms with Gasteiger partial charge in [0.2, 0.25) is 0 Å². The topological polar surface area (TPSA) is 137 Å². The summed E-state index contributed by atoms with van der Waals surface area (Å²) < 4.78 is 19.4. The molecule has 0 spiro atoms. The van der Waals surface area contributed by atoms with Gasteiger partial charge in [-0.05, 0) is 23.6 Å². The van der Waals surface area contributed by atoms with Gasteiger partial charge < -0.3 is 34.5 Å². The molecule has 12 heteroatoms. The average Bonchev–Trinajstić information content (AvgIpc) is 3.38. The molecule has 2 amide bonds. The number of carbonyl (C=O) groups is 2. The summed E-state index contributed by atoms with van der Waals surface area (Å²) in [5, 5.41) is 23.5. The van der Waals surface area contributed by atoms with Crippen LogP contribution >= 0.6 is 11.8 Å². The molecule has 2 heterocycles. The zero-order valence-corrected chi connectivity index (χ0v) is 22.7. The van der Waals surface area contributed by atoms with Crippen LogP contribution in [0.1, 0.15) is 48.0 Å². The van der Waals surface area contributed by atoms with Crippen LogP contribution in [0.15, 0.2) is 60.0 Å². The first-order valence-electron chi connectivity index (χ1n) is 12.7. The van der Waals surface area contributed by atoms with Crippen LogP contribution in [-0.4, -0.2) is 56.9 Å². The Bertz CT molecular complexity index is 1220. The zero-order valence-electron chi connectivity index (χ0n) is 21.9. The number of hydrogen-bond donors (Lipinski definition) is 3. The molecule has 208 valence electrons. The van der Waals surface area contributed by atoms with Crippen molar-refractivity contribution in [2.75, 3.05) is 18.9 Å². The number of esters is 1. The van der Waals surface area contributed by atoms with Crippen LogP contribution in [0.5, 0.6) is 0 Å². The van der Waals surface area contributed by atoms with Crippen LogP contribution in [0.2, 0.25) is 0 Å². The summed E-state index contributed by atoms with van der Waals surface area (Å²) in [6, 6.07) is 14.9. The minimum absolute atomic E-state index is 0.0111. The van der Waals surface area contributed by atoms with Gasteiger partial charge in [0, 0.05) is 31.3 Å². The molecule has 3 aromatic rings. The summed E-state index contributed by atoms with van der Waals surface area (Å²) in [7, 11) is 1.90. The Kier molecular flexibility index (Phi) is 10.3. The number of aromatic nitrogens is 3. The van der Waals surface area contributed by atoms with Crippen molar-refractivity contribution < 1.29 is 28.9 Å². The Morgan fingerprint density at radius 3 is 2.46 bits per heavy atom. The minimum Gasteiger partial charge on any atom is -0.465 e. The van der Waals surface area contributed by atoms with E-state index in [1.807, 2.05) is 60.1 Å². The summed E-state index contributed by atoms with van der Waals surface area (Å²) in [6.07, 6.45) is 1.47. The van der Waals surface area contributed by atoms with Crippen molar-refractivity contribution >= 4 is 23.8 Å². The highest BCUT2D eigenvalue weighted by atomic mass is 32.2. The van der Waals surface area contributed by atoms with Gasteiger partial charge >= 0.3 is 12.0 Å². The third kappa shape index (κ3) is 8.27. The number of aliphatic hydroxyl groups excluding tert-OH is 1. The Labute approximate surface area is 231 Å². The number of urea groups is 1. The average molecular weight is 556 g/mol. The standard InChI is InChI=1S/C27H33N5O6S/c1-3-36-24(34)14-29-26(35)28-13-18-4-10-21(11-5-18)25-37-22(16-39-27-31-30-17-32(27)2)12-23(38-25)20-8-6-19(15-33)7-9-20/h4-11,17,22-23,25,33H,3,12-16H2,1-2H3,(H2,28,29,35)/t22-,23+,25+/m0/s1. The normalized spacial score (nSPS) is 18.9. The number of hydrogen-bond acceptors (Lipinski definition) is 9. The molecule has 1 saturated heterocycles. The van der Waals surface area contributed by atoms with Crippen molar-refractivity contribution in [1.82, 2.24) is 25.4 Å². The van der Waals surface area contributed by atoms with Crippen molar-refractivity contribution in [3.05, 3.63) is 77.1 Å². The molecule has 1 aliphatic heterocycles. The zero-order chi connectivity index (χ0) is 27.6. The number of ether oxygens (including phenoxy) is 3. The van der Waals surface area contributed by atoms with Crippen LogP contribution in [0.25, 0.3) is 0 Å². The van der Waals surface area contributed by atoms with Crippen molar-refractivity contribution in [1.29, 1.82) is 0 Å². The van der Waals surface area contributed by atoms with Crippen LogP contribution in [0, 0.1) is 0 Å². The van der Waals surface area contributed by atoms with Gasteiger partial charge in [0.1, 0.15) is 12.9 Å². The number of aliphatic hydroxyl groups is 1. The van der Waals surface area contributed by atoms with Gasteiger partial charge in [-0.25, -0.2) is 4.79 Å². The SMILES string of the molecule is CCOC(=O)CNC(=O)NCc1ccc([C@@H]2O[C@H](CSc3nncn3C)C[C@H](c3ccc(CO)cc3)O2)cc1. The fraction of sp³-hybridized carbons (Fsp3) is 0.407. The van der Waals surface area contributed by atoms with E-state index < -0.39 is 18.3 Å². The van der Waals surface area contributed by atoms with E-state index in [9.17, 15) is 14.7 Å².